The van der Waals surface area contributed by atoms with Gasteiger partial charge in [0, 0.05) is 61.2 Å². The number of carbonyl (C=O) groups is 1. The molecule has 3 atom stereocenters. The Morgan fingerprint density at radius 3 is 2.49 bits per heavy atom. The first-order chi connectivity index (χ1) is 22.9. The van der Waals surface area contributed by atoms with E-state index in [0.29, 0.717) is 34.9 Å². The number of likely N-dealkylation sites (tertiary alicyclic amines) is 1. The average molecular weight is 629 g/mol. The minimum Gasteiger partial charge on any atom is -0.494 e. The maximum Gasteiger partial charge on any atom is 0.254 e. The number of carbonyl (C=O) groups excluding carboxylic acids is 1. The van der Waals surface area contributed by atoms with Gasteiger partial charge in [-0.2, -0.15) is 0 Å². The van der Waals surface area contributed by atoms with E-state index in [9.17, 15) is 4.79 Å². The predicted molar refractivity (Wildman–Crippen MR) is 178 cm³/mol. The number of piperidine rings is 1. The molecule has 3 aliphatic rings. The van der Waals surface area contributed by atoms with Crippen molar-refractivity contribution in [1.29, 1.82) is 0 Å². The molecule has 2 unspecified atom stereocenters. The minimum atomic E-state index is -0.000124. The molecule has 2 bridgehead atoms. The number of fused-ring (bicyclic) bond motifs is 4. The Labute approximate surface area is 271 Å². The van der Waals surface area contributed by atoms with E-state index in [4.69, 9.17) is 24.9 Å². The largest absolute Gasteiger partial charge is 0.494 e. The maximum atomic E-state index is 13.8. The van der Waals surface area contributed by atoms with E-state index >= 15 is 0 Å². The van der Waals surface area contributed by atoms with E-state index in [0.717, 1.165) is 76.3 Å². The second-order valence-electron chi connectivity index (χ2n) is 13.4. The van der Waals surface area contributed by atoms with E-state index in [1.807, 2.05) is 48.3 Å². The topological polar surface area (TPSA) is 130 Å². The van der Waals surface area contributed by atoms with Gasteiger partial charge in [0.25, 0.3) is 5.91 Å². The molecule has 5 heterocycles. The molecule has 1 saturated heterocycles. The first-order valence-electron chi connectivity index (χ1n) is 16.4. The summed E-state index contributed by atoms with van der Waals surface area (Å²) in [6.07, 6.45) is 4.48. The standard InChI is InChI=1S/C36H36N8O3/c1-19-40-41-35(47-19)22-8-6-21(7-9-22)26-12-10-23-15-29(43(33(23)38-26)17-20-4-5-20)34-39-27-14-25(16-30(46-3)32(27)42(34)2)36(45)44-18-24-11-13-28(44)31(24)37/h6-10,12,14-16,20,24,28,31H,4-5,11,13,17-18,37H2,1-3H3/t24?,28?,31-/m1/s1. The molecule has 3 fully saturated rings. The highest BCUT2D eigenvalue weighted by molar-refractivity contribution is 6.00. The number of aromatic nitrogens is 6. The number of nitrogens with two attached hydrogens (primary N) is 1. The Kier molecular flexibility index (Phi) is 6.30. The van der Waals surface area contributed by atoms with Gasteiger partial charge < -0.3 is 28.9 Å². The van der Waals surface area contributed by atoms with E-state index in [2.05, 4.69) is 37.5 Å². The lowest BCUT2D eigenvalue weighted by Crippen LogP contribution is -2.41. The van der Waals surface area contributed by atoms with Crippen molar-refractivity contribution >= 4 is 28.0 Å². The first-order valence-corrected chi connectivity index (χ1v) is 16.4. The smallest absolute Gasteiger partial charge is 0.254 e. The maximum absolute atomic E-state index is 13.8. The Morgan fingerprint density at radius 2 is 1.81 bits per heavy atom. The van der Waals surface area contributed by atoms with Crippen molar-refractivity contribution in [1.82, 2.24) is 34.2 Å². The number of aryl methyl sites for hydroxylation is 2. The molecule has 0 spiro atoms. The van der Waals surface area contributed by atoms with Gasteiger partial charge in [-0.25, -0.2) is 9.97 Å². The number of methoxy groups -OCH3 is 1. The molecule has 1 aliphatic heterocycles. The van der Waals surface area contributed by atoms with Crippen LogP contribution >= 0.6 is 0 Å². The zero-order valence-electron chi connectivity index (χ0n) is 26.7. The molecule has 9 rings (SSSR count). The van der Waals surface area contributed by atoms with Crippen LogP contribution in [0.5, 0.6) is 5.75 Å². The third-order valence-corrected chi connectivity index (χ3v) is 10.4. The molecular formula is C36H36N8O3. The van der Waals surface area contributed by atoms with E-state index in [1.54, 1.807) is 14.0 Å². The fraction of sp³-hybridized carbons (Fsp3) is 0.361. The number of ether oxygens (including phenoxy) is 1. The SMILES string of the molecule is COc1cc(C(=O)N2CC3CCC2[C@@H]3N)cc2nc(-c3cc4ccc(-c5ccc(-c6nnc(C)o6)cc5)nc4n3CC3CC3)n(C)c12. The summed E-state index contributed by atoms with van der Waals surface area (Å²) in [4.78, 5) is 26.1. The van der Waals surface area contributed by atoms with Crippen LogP contribution in [0.1, 0.15) is 41.9 Å². The molecule has 2 saturated carbocycles. The van der Waals surface area contributed by atoms with Crippen LogP contribution in [0.15, 0.2) is 59.0 Å². The van der Waals surface area contributed by atoms with Crippen molar-refractivity contribution in [3.8, 4) is 40.0 Å². The van der Waals surface area contributed by atoms with Gasteiger partial charge in [0.15, 0.2) is 5.82 Å². The fourth-order valence-corrected chi connectivity index (χ4v) is 7.68. The Balaban J connectivity index is 1.11. The molecule has 0 radical (unpaired) electrons. The van der Waals surface area contributed by atoms with Crippen molar-refractivity contribution in [2.45, 2.75) is 51.2 Å². The summed E-state index contributed by atoms with van der Waals surface area (Å²) in [7, 11) is 3.66. The number of imidazole rings is 1. The van der Waals surface area contributed by atoms with Crippen LogP contribution in [0.25, 0.3) is 56.3 Å². The van der Waals surface area contributed by atoms with Gasteiger partial charge in [0.05, 0.1) is 24.0 Å². The van der Waals surface area contributed by atoms with Gasteiger partial charge in [-0.15, -0.1) is 10.2 Å². The number of hydrogen-bond acceptors (Lipinski definition) is 8. The van der Waals surface area contributed by atoms with E-state index in [-0.39, 0.29) is 18.0 Å². The van der Waals surface area contributed by atoms with Gasteiger partial charge in [0.1, 0.15) is 16.9 Å². The van der Waals surface area contributed by atoms with Crippen molar-refractivity contribution < 1.29 is 13.9 Å². The Hall–Kier alpha value is -5.03. The third-order valence-electron chi connectivity index (χ3n) is 10.4. The monoisotopic (exact) mass is 628 g/mol. The summed E-state index contributed by atoms with van der Waals surface area (Å²) < 4.78 is 15.9. The lowest BCUT2D eigenvalue weighted by atomic mass is 10.1. The number of rotatable bonds is 7. The molecule has 2 N–H and O–H groups in total. The highest BCUT2D eigenvalue weighted by atomic mass is 16.5. The summed E-state index contributed by atoms with van der Waals surface area (Å²) >= 11 is 0. The highest BCUT2D eigenvalue weighted by Gasteiger charge is 2.47. The second kappa shape index (κ2) is 10.5. The molecule has 2 aromatic carbocycles. The van der Waals surface area contributed by atoms with Gasteiger partial charge in [-0.05, 0) is 80.0 Å². The van der Waals surface area contributed by atoms with Crippen molar-refractivity contribution in [3.05, 3.63) is 66.1 Å². The molecule has 4 aromatic heterocycles. The normalized spacial score (nSPS) is 20.6. The van der Waals surface area contributed by atoms with Crippen LogP contribution in [0.4, 0.5) is 0 Å². The minimum absolute atomic E-state index is 0.000124. The molecular weight excluding hydrogens is 592 g/mol. The molecule has 238 valence electrons. The van der Waals surface area contributed by atoms with E-state index in [1.165, 1.54) is 12.8 Å². The highest BCUT2D eigenvalue weighted by Crippen LogP contribution is 2.40. The van der Waals surface area contributed by atoms with Gasteiger partial charge >= 0.3 is 0 Å². The number of benzene rings is 2. The van der Waals surface area contributed by atoms with Gasteiger partial charge in [0.2, 0.25) is 11.8 Å². The van der Waals surface area contributed by atoms with Gasteiger partial charge in [-0.3, -0.25) is 4.79 Å². The second-order valence-corrected chi connectivity index (χ2v) is 13.4. The quantitative estimate of drug-likeness (QED) is 0.242. The molecule has 1 amide bonds. The Morgan fingerprint density at radius 1 is 1.00 bits per heavy atom. The van der Waals surface area contributed by atoms with Gasteiger partial charge in [-0.1, -0.05) is 12.1 Å². The van der Waals surface area contributed by atoms with Crippen LogP contribution in [0.2, 0.25) is 0 Å². The average Bonchev–Trinajstić information content (AvgIpc) is 3.34. The number of hydrogen-bond donors (Lipinski definition) is 1. The molecule has 47 heavy (non-hydrogen) atoms. The molecule has 11 heteroatoms. The van der Waals surface area contributed by atoms with Crippen LogP contribution in [0, 0.1) is 18.8 Å². The van der Waals surface area contributed by atoms with Crippen LogP contribution in [0.3, 0.4) is 0 Å². The molecule has 6 aromatic rings. The van der Waals surface area contributed by atoms with Crippen LogP contribution in [-0.4, -0.2) is 65.8 Å². The van der Waals surface area contributed by atoms with E-state index < -0.39 is 0 Å². The van der Waals surface area contributed by atoms with Crippen LogP contribution in [-0.2, 0) is 13.6 Å². The summed E-state index contributed by atoms with van der Waals surface area (Å²) in [5.41, 5.74) is 13.3. The summed E-state index contributed by atoms with van der Waals surface area (Å²) in [5.74, 6) is 3.48. The fourth-order valence-electron chi connectivity index (χ4n) is 7.68. The number of amides is 1. The summed E-state index contributed by atoms with van der Waals surface area (Å²) in [6, 6.07) is 18.3. The van der Waals surface area contributed by atoms with Crippen molar-refractivity contribution in [2.75, 3.05) is 13.7 Å². The van der Waals surface area contributed by atoms with Crippen molar-refractivity contribution in [2.24, 2.45) is 24.6 Å². The summed E-state index contributed by atoms with van der Waals surface area (Å²) in [6.45, 7) is 3.37. The number of pyridine rings is 1. The van der Waals surface area contributed by atoms with Crippen LogP contribution < -0.4 is 10.5 Å². The third kappa shape index (κ3) is 4.55. The Bertz CT molecular complexity index is 2190. The van der Waals surface area contributed by atoms with Crippen molar-refractivity contribution in [3.63, 3.8) is 0 Å². The summed E-state index contributed by atoms with van der Waals surface area (Å²) in [5, 5.41) is 9.13. The zero-order valence-corrected chi connectivity index (χ0v) is 26.7. The zero-order chi connectivity index (χ0) is 32.0. The molecule has 2 aliphatic carbocycles. The lowest BCUT2D eigenvalue weighted by molar-refractivity contribution is 0.0700. The lowest BCUT2D eigenvalue weighted by Gasteiger charge is -2.27. The first kappa shape index (κ1) is 28.2. The number of nitrogens with zero attached hydrogens (tertiary/aromatic N) is 7. The predicted octanol–water partition coefficient (Wildman–Crippen LogP) is 5.60. The molecule has 11 nitrogen and oxygen atoms in total.